The molecular formula is C13H19NO3. The summed E-state index contributed by atoms with van der Waals surface area (Å²) >= 11 is 0. The first-order valence-corrected chi connectivity index (χ1v) is 5.78. The molecule has 4 nitrogen and oxygen atoms in total. The Balaban J connectivity index is 2.41. The maximum Gasteiger partial charge on any atom is 0.338 e. The lowest BCUT2D eigenvalue weighted by Gasteiger charge is -2.06. The average Bonchev–Trinajstić information content (AvgIpc) is 2.27. The van der Waals surface area contributed by atoms with Gasteiger partial charge in [0.1, 0.15) is 0 Å². The number of rotatable bonds is 6. The molecule has 1 rings (SSSR count). The standard InChI is InChI=1S/C13H19NO3/c1-10-7-11(9-12(14)8-10)13(16)17-6-4-2-3-5-15/h7-9,15H,2-6,14H2,1H3. The van der Waals surface area contributed by atoms with Crippen molar-refractivity contribution in [2.75, 3.05) is 18.9 Å². The molecule has 0 heterocycles. The number of aliphatic hydroxyl groups is 1. The molecule has 1 aromatic rings. The zero-order valence-corrected chi connectivity index (χ0v) is 10.1. The number of aryl methyl sites for hydroxylation is 1. The van der Waals surface area contributed by atoms with E-state index in [4.69, 9.17) is 15.6 Å². The number of aliphatic hydroxyl groups excluding tert-OH is 1. The Hall–Kier alpha value is -1.55. The van der Waals surface area contributed by atoms with Gasteiger partial charge in [-0.2, -0.15) is 0 Å². The lowest BCUT2D eigenvalue weighted by atomic mass is 10.1. The molecule has 0 aliphatic carbocycles. The van der Waals surface area contributed by atoms with Crippen molar-refractivity contribution in [3.63, 3.8) is 0 Å². The van der Waals surface area contributed by atoms with Crippen molar-refractivity contribution in [1.82, 2.24) is 0 Å². The third-order valence-corrected chi connectivity index (χ3v) is 2.37. The molecule has 1 aromatic carbocycles. The third kappa shape index (κ3) is 4.87. The van der Waals surface area contributed by atoms with Gasteiger partial charge in [-0.1, -0.05) is 0 Å². The van der Waals surface area contributed by atoms with E-state index in [1.807, 2.05) is 6.92 Å². The maximum absolute atomic E-state index is 11.7. The van der Waals surface area contributed by atoms with Gasteiger partial charge >= 0.3 is 5.97 Å². The largest absolute Gasteiger partial charge is 0.462 e. The monoisotopic (exact) mass is 237 g/mol. The number of ether oxygens (including phenoxy) is 1. The number of hydrogen-bond donors (Lipinski definition) is 2. The predicted molar refractivity (Wildman–Crippen MR) is 66.8 cm³/mol. The van der Waals surface area contributed by atoms with Gasteiger partial charge < -0.3 is 15.6 Å². The minimum atomic E-state index is -0.343. The highest BCUT2D eigenvalue weighted by atomic mass is 16.5. The molecule has 17 heavy (non-hydrogen) atoms. The quantitative estimate of drug-likeness (QED) is 0.450. The molecule has 0 aromatic heterocycles. The molecule has 94 valence electrons. The van der Waals surface area contributed by atoms with E-state index >= 15 is 0 Å². The van der Waals surface area contributed by atoms with E-state index < -0.39 is 0 Å². The maximum atomic E-state index is 11.7. The van der Waals surface area contributed by atoms with Crippen LogP contribution in [0, 0.1) is 6.92 Å². The lowest BCUT2D eigenvalue weighted by molar-refractivity contribution is 0.0496. The minimum Gasteiger partial charge on any atom is -0.462 e. The van der Waals surface area contributed by atoms with Crippen molar-refractivity contribution in [2.45, 2.75) is 26.2 Å². The van der Waals surface area contributed by atoms with Gasteiger partial charge in [0, 0.05) is 12.3 Å². The van der Waals surface area contributed by atoms with Gasteiger partial charge in [-0.25, -0.2) is 4.79 Å². The van der Waals surface area contributed by atoms with Crippen LogP contribution in [0.15, 0.2) is 18.2 Å². The number of benzene rings is 1. The smallest absolute Gasteiger partial charge is 0.338 e. The Bertz CT molecular complexity index is 357. The van der Waals surface area contributed by atoms with Crippen LogP contribution in [0.4, 0.5) is 5.69 Å². The highest BCUT2D eigenvalue weighted by Gasteiger charge is 2.07. The summed E-state index contributed by atoms with van der Waals surface area (Å²) in [5.74, 6) is -0.343. The Morgan fingerprint density at radius 2 is 2.06 bits per heavy atom. The molecular weight excluding hydrogens is 218 g/mol. The van der Waals surface area contributed by atoms with E-state index in [1.54, 1.807) is 18.2 Å². The number of hydrogen-bond acceptors (Lipinski definition) is 4. The zero-order valence-electron chi connectivity index (χ0n) is 10.1. The summed E-state index contributed by atoms with van der Waals surface area (Å²) in [4.78, 5) is 11.7. The van der Waals surface area contributed by atoms with Crippen molar-refractivity contribution in [3.8, 4) is 0 Å². The van der Waals surface area contributed by atoms with E-state index in [0.29, 0.717) is 17.9 Å². The van der Waals surface area contributed by atoms with Gasteiger partial charge in [0.05, 0.1) is 12.2 Å². The Labute approximate surface area is 101 Å². The summed E-state index contributed by atoms with van der Waals surface area (Å²) < 4.78 is 5.11. The summed E-state index contributed by atoms with van der Waals surface area (Å²) in [6.45, 7) is 2.45. The van der Waals surface area contributed by atoms with Crippen LogP contribution in [0.2, 0.25) is 0 Å². The predicted octanol–water partition coefficient (Wildman–Crippen LogP) is 1.90. The average molecular weight is 237 g/mol. The molecule has 0 aliphatic heterocycles. The lowest BCUT2D eigenvalue weighted by Crippen LogP contribution is -2.07. The van der Waals surface area contributed by atoms with Gasteiger partial charge in [0.25, 0.3) is 0 Å². The number of carbonyl (C=O) groups is 1. The first-order chi connectivity index (χ1) is 8.13. The molecule has 0 radical (unpaired) electrons. The number of anilines is 1. The number of nitrogens with two attached hydrogens (primary N) is 1. The summed E-state index contributed by atoms with van der Waals surface area (Å²) in [5, 5.41) is 8.59. The van der Waals surface area contributed by atoms with Crippen molar-refractivity contribution < 1.29 is 14.6 Å². The Morgan fingerprint density at radius 3 is 2.71 bits per heavy atom. The first-order valence-electron chi connectivity index (χ1n) is 5.78. The van der Waals surface area contributed by atoms with E-state index in [0.717, 1.165) is 24.8 Å². The molecule has 0 saturated heterocycles. The Morgan fingerprint density at radius 1 is 1.29 bits per heavy atom. The minimum absolute atomic E-state index is 0.183. The van der Waals surface area contributed by atoms with Crippen molar-refractivity contribution >= 4 is 11.7 Å². The van der Waals surface area contributed by atoms with Gasteiger partial charge in [0.15, 0.2) is 0 Å². The van der Waals surface area contributed by atoms with Crippen molar-refractivity contribution in [3.05, 3.63) is 29.3 Å². The summed E-state index contributed by atoms with van der Waals surface area (Å²) in [6, 6.07) is 5.17. The highest BCUT2D eigenvalue weighted by Crippen LogP contribution is 2.12. The highest BCUT2D eigenvalue weighted by molar-refractivity contribution is 5.90. The van der Waals surface area contributed by atoms with Gasteiger partial charge in [-0.3, -0.25) is 0 Å². The van der Waals surface area contributed by atoms with Crippen molar-refractivity contribution in [2.24, 2.45) is 0 Å². The van der Waals surface area contributed by atoms with E-state index in [1.165, 1.54) is 0 Å². The summed E-state index contributed by atoms with van der Waals surface area (Å²) in [6.07, 6.45) is 2.38. The van der Waals surface area contributed by atoms with Crippen LogP contribution in [0.5, 0.6) is 0 Å². The topological polar surface area (TPSA) is 72.6 Å². The molecule has 0 atom stereocenters. The molecule has 4 heteroatoms. The molecule has 3 N–H and O–H groups in total. The van der Waals surface area contributed by atoms with Crippen LogP contribution in [-0.4, -0.2) is 24.3 Å². The van der Waals surface area contributed by atoms with E-state index in [2.05, 4.69) is 0 Å². The van der Waals surface area contributed by atoms with E-state index in [-0.39, 0.29) is 12.6 Å². The molecule has 0 amide bonds. The second-order valence-electron chi connectivity index (χ2n) is 4.05. The first kappa shape index (κ1) is 13.5. The fourth-order valence-corrected chi connectivity index (χ4v) is 1.57. The van der Waals surface area contributed by atoms with Crippen LogP contribution in [0.3, 0.4) is 0 Å². The third-order valence-electron chi connectivity index (χ3n) is 2.37. The molecule has 0 aliphatic rings. The van der Waals surface area contributed by atoms with E-state index in [9.17, 15) is 4.79 Å². The number of nitrogen functional groups attached to an aromatic ring is 1. The molecule has 0 saturated carbocycles. The molecule has 0 spiro atoms. The molecule has 0 unspecified atom stereocenters. The zero-order chi connectivity index (χ0) is 12.7. The normalized spacial score (nSPS) is 10.2. The van der Waals surface area contributed by atoms with Crippen LogP contribution >= 0.6 is 0 Å². The van der Waals surface area contributed by atoms with Crippen LogP contribution in [0.1, 0.15) is 35.2 Å². The number of carbonyl (C=O) groups excluding carboxylic acids is 1. The van der Waals surface area contributed by atoms with Crippen LogP contribution in [0.25, 0.3) is 0 Å². The second-order valence-corrected chi connectivity index (χ2v) is 4.05. The van der Waals surface area contributed by atoms with Crippen molar-refractivity contribution in [1.29, 1.82) is 0 Å². The molecule has 0 fully saturated rings. The SMILES string of the molecule is Cc1cc(N)cc(C(=O)OCCCCCO)c1. The fourth-order valence-electron chi connectivity index (χ4n) is 1.57. The summed E-state index contributed by atoms with van der Waals surface area (Å²) in [5.41, 5.74) is 7.66. The van der Waals surface area contributed by atoms with Gasteiger partial charge in [-0.15, -0.1) is 0 Å². The number of unbranched alkanes of at least 4 members (excludes halogenated alkanes) is 2. The second kappa shape index (κ2) is 6.91. The number of esters is 1. The van der Waals surface area contributed by atoms with Crippen LogP contribution < -0.4 is 5.73 Å². The summed E-state index contributed by atoms with van der Waals surface area (Å²) in [7, 11) is 0. The Kier molecular flexibility index (Phi) is 5.49. The fraction of sp³-hybridized carbons (Fsp3) is 0.462. The molecule has 0 bridgehead atoms. The van der Waals surface area contributed by atoms with Gasteiger partial charge in [0.2, 0.25) is 0 Å². The van der Waals surface area contributed by atoms with Crippen LogP contribution in [-0.2, 0) is 4.74 Å². The van der Waals surface area contributed by atoms with Gasteiger partial charge in [-0.05, 0) is 49.9 Å².